The second-order valence-electron chi connectivity index (χ2n) is 5.32. The van der Waals surface area contributed by atoms with Crippen LogP contribution in [0.4, 0.5) is 18.0 Å². The Balaban J connectivity index is 0.00000208. The third kappa shape index (κ3) is 4.00. The maximum absolute atomic E-state index is 12.6. The van der Waals surface area contributed by atoms with Gasteiger partial charge in [-0.15, -0.1) is 12.4 Å². The lowest BCUT2D eigenvalue weighted by molar-refractivity contribution is -0.137. The number of benzene rings is 2. The molecule has 0 aliphatic carbocycles. The summed E-state index contributed by atoms with van der Waals surface area (Å²) in [6.45, 7) is 0.372. The zero-order valence-corrected chi connectivity index (χ0v) is 13.3. The number of hydrogen-bond donors (Lipinski definition) is 1. The minimum absolute atomic E-state index is 0. The van der Waals surface area contributed by atoms with Crippen molar-refractivity contribution < 1.29 is 22.7 Å². The molecule has 24 heavy (non-hydrogen) atoms. The molecule has 1 heterocycles. The average molecular weight is 358 g/mol. The molecule has 3 nitrogen and oxygen atoms in total. The average Bonchev–Trinajstić information content (AvgIpc) is 2.54. The van der Waals surface area contributed by atoms with Crippen molar-refractivity contribution in [3.05, 3.63) is 59.7 Å². The minimum atomic E-state index is -4.33. The lowest BCUT2D eigenvalue weighted by atomic mass is 9.98. The third-order valence-electron chi connectivity index (χ3n) is 3.79. The van der Waals surface area contributed by atoms with Crippen LogP contribution in [-0.2, 0) is 10.9 Å². The summed E-state index contributed by atoms with van der Waals surface area (Å²) in [5.41, 5.74) is 1.81. The molecule has 2 aromatic carbocycles. The highest BCUT2D eigenvalue weighted by atomic mass is 35.5. The van der Waals surface area contributed by atoms with Gasteiger partial charge in [0.25, 0.3) is 0 Å². The highest BCUT2D eigenvalue weighted by Crippen LogP contribution is 2.31. The highest BCUT2D eigenvalue weighted by Gasteiger charge is 2.30. The van der Waals surface area contributed by atoms with E-state index in [4.69, 9.17) is 4.74 Å². The molecule has 0 radical (unpaired) electrons. The molecule has 1 fully saturated rings. The predicted molar refractivity (Wildman–Crippen MR) is 86.0 cm³/mol. The minimum Gasteiger partial charge on any atom is -0.449 e. The molecule has 1 aliphatic heterocycles. The first-order chi connectivity index (χ1) is 10.9. The van der Waals surface area contributed by atoms with Gasteiger partial charge in [-0.2, -0.15) is 13.2 Å². The van der Waals surface area contributed by atoms with Crippen LogP contribution in [0, 0.1) is 0 Å². The summed E-state index contributed by atoms with van der Waals surface area (Å²) >= 11 is 0. The summed E-state index contributed by atoms with van der Waals surface area (Å²) in [5, 5.41) is 2.73. The topological polar surface area (TPSA) is 38.3 Å². The smallest absolute Gasteiger partial charge is 0.416 e. The third-order valence-corrected chi connectivity index (χ3v) is 3.79. The van der Waals surface area contributed by atoms with Crippen molar-refractivity contribution >= 4 is 18.5 Å². The highest BCUT2D eigenvalue weighted by molar-refractivity contribution is 5.85. The van der Waals surface area contributed by atoms with Crippen LogP contribution in [0.2, 0.25) is 0 Å². The van der Waals surface area contributed by atoms with E-state index in [1.165, 1.54) is 12.1 Å². The van der Waals surface area contributed by atoms with Crippen molar-refractivity contribution in [2.24, 2.45) is 0 Å². The summed E-state index contributed by atoms with van der Waals surface area (Å²) in [6.07, 6.45) is -4.08. The van der Waals surface area contributed by atoms with E-state index in [1.807, 2.05) is 24.3 Å². The maximum atomic E-state index is 12.6. The van der Waals surface area contributed by atoms with Gasteiger partial charge < -0.3 is 10.1 Å². The van der Waals surface area contributed by atoms with Crippen LogP contribution < -0.4 is 5.32 Å². The van der Waals surface area contributed by atoms with Crippen LogP contribution >= 0.6 is 12.4 Å². The Labute approximate surface area is 143 Å². The fourth-order valence-corrected chi connectivity index (χ4v) is 2.54. The number of hydrogen-bond acceptors (Lipinski definition) is 2. The molecular weight excluding hydrogens is 343 g/mol. The van der Waals surface area contributed by atoms with Crippen LogP contribution in [-0.4, -0.2) is 12.7 Å². The first-order valence-electron chi connectivity index (χ1n) is 7.14. The number of cyclic esters (lactones) is 1. The van der Waals surface area contributed by atoms with Crippen LogP contribution in [0.25, 0.3) is 11.1 Å². The van der Waals surface area contributed by atoms with Gasteiger partial charge in [-0.05, 0) is 28.8 Å². The Bertz CT molecular complexity index is 699. The second kappa shape index (κ2) is 7.13. The van der Waals surface area contributed by atoms with E-state index >= 15 is 0 Å². The standard InChI is InChI=1S/C17H14F3NO2.ClH/c18-17(19,20)14-7-5-12(6-8-14)11-1-3-13(4-2-11)15-9-10-23-16(22)21-15;/h1-8,15H,9-10H2,(H,21,22);1H/t15-;/m0./s1. The van der Waals surface area contributed by atoms with Gasteiger partial charge in [-0.3, -0.25) is 0 Å². The van der Waals surface area contributed by atoms with E-state index in [-0.39, 0.29) is 18.4 Å². The normalized spacial score (nSPS) is 17.5. The Hall–Kier alpha value is -2.21. The Morgan fingerprint density at radius 2 is 1.50 bits per heavy atom. The fourth-order valence-electron chi connectivity index (χ4n) is 2.54. The van der Waals surface area contributed by atoms with E-state index in [0.717, 1.165) is 23.3 Å². The molecular formula is C17H15ClF3NO2. The Morgan fingerprint density at radius 1 is 0.958 bits per heavy atom. The van der Waals surface area contributed by atoms with Crippen LogP contribution in [0.5, 0.6) is 0 Å². The zero-order valence-electron chi connectivity index (χ0n) is 12.5. The summed E-state index contributed by atoms with van der Waals surface area (Å²) in [4.78, 5) is 11.2. The molecule has 128 valence electrons. The van der Waals surface area contributed by atoms with Crippen LogP contribution in [0.3, 0.4) is 0 Å². The van der Waals surface area contributed by atoms with Crippen molar-refractivity contribution in [2.45, 2.75) is 18.6 Å². The lowest BCUT2D eigenvalue weighted by Crippen LogP contribution is -2.35. The van der Waals surface area contributed by atoms with E-state index < -0.39 is 17.8 Å². The van der Waals surface area contributed by atoms with Gasteiger partial charge in [-0.1, -0.05) is 36.4 Å². The molecule has 1 N–H and O–H groups in total. The van der Waals surface area contributed by atoms with Crippen molar-refractivity contribution in [3.8, 4) is 11.1 Å². The largest absolute Gasteiger partial charge is 0.449 e. The Kier molecular flexibility index (Phi) is 5.39. The van der Waals surface area contributed by atoms with E-state index in [9.17, 15) is 18.0 Å². The molecule has 0 saturated carbocycles. The zero-order chi connectivity index (χ0) is 16.4. The molecule has 0 aromatic heterocycles. The predicted octanol–water partition coefficient (Wildman–Crippen LogP) is 4.97. The van der Waals surface area contributed by atoms with Crippen molar-refractivity contribution in [1.29, 1.82) is 0 Å². The van der Waals surface area contributed by atoms with Crippen LogP contribution in [0.15, 0.2) is 48.5 Å². The summed E-state index contributed by atoms with van der Waals surface area (Å²) in [7, 11) is 0. The molecule has 0 spiro atoms. The van der Waals surface area contributed by atoms with Gasteiger partial charge in [0, 0.05) is 6.42 Å². The first-order valence-corrected chi connectivity index (χ1v) is 7.14. The molecule has 0 unspecified atom stereocenters. The lowest BCUT2D eigenvalue weighted by Gasteiger charge is -2.23. The van der Waals surface area contributed by atoms with Gasteiger partial charge in [0.1, 0.15) is 0 Å². The number of ether oxygens (including phenoxy) is 1. The van der Waals surface area contributed by atoms with E-state index in [1.54, 1.807) is 0 Å². The number of alkyl carbamates (subject to hydrolysis) is 1. The number of amides is 1. The summed E-state index contributed by atoms with van der Waals surface area (Å²) in [6, 6.07) is 12.3. The van der Waals surface area contributed by atoms with Gasteiger partial charge in [-0.25, -0.2) is 4.79 Å². The molecule has 1 atom stereocenters. The molecule has 1 saturated heterocycles. The van der Waals surface area contributed by atoms with Crippen LogP contribution in [0.1, 0.15) is 23.6 Å². The second-order valence-corrected chi connectivity index (χ2v) is 5.32. The number of carbonyl (C=O) groups is 1. The molecule has 0 bridgehead atoms. The molecule has 1 aliphatic rings. The van der Waals surface area contributed by atoms with E-state index in [0.29, 0.717) is 18.6 Å². The first kappa shape index (κ1) is 18.1. The Morgan fingerprint density at radius 3 is 2.00 bits per heavy atom. The van der Waals surface area contributed by atoms with Gasteiger partial charge in [0.2, 0.25) is 0 Å². The number of carbonyl (C=O) groups excluding carboxylic acids is 1. The fraction of sp³-hybridized carbons (Fsp3) is 0.235. The van der Waals surface area contributed by atoms with Crippen molar-refractivity contribution in [2.75, 3.05) is 6.61 Å². The molecule has 2 aromatic rings. The van der Waals surface area contributed by atoms with Gasteiger partial charge in [0.15, 0.2) is 0 Å². The number of nitrogens with one attached hydrogen (secondary N) is 1. The quantitative estimate of drug-likeness (QED) is 0.824. The summed E-state index contributed by atoms with van der Waals surface area (Å²) < 4.78 is 42.5. The summed E-state index contributed by atoms with van der Waals surface area (Å²) in [5.74, 6) is 0. The van der Waals surface area contributed by atoms with Crippen molar-refractivity contribution in [1.82, 2.24) is 5.32 Å². The molecule has 3 rings (SSSR count). The number of halogens is 4. The number of alkyl halides is 3. The van der Waals surface area contributed by atoms with Gasteiger partial charge >= 0.3 is 12.3 Å². The molecule has 1 amide bonds. The van der Waals surface area contributed by atoms with E-state index in [2.05, 4.69) is 5.32 Å². The van der Waals surface area contributed by atoms with Gasteiger partial charge in [0.05, 0.1) is 18.2 Å². The maximum Gasteiger partial charge on any atom is 0.416 e. The van der Waals surface area contributed by atoms with Crippen molar-refractivity contribution in [3.63, 3.8) is 0 Å². The monoisotopic (exact) mass is 357 g/mol. The SMILES string of the molecule is Cl.O=C1N[C@H](c2ccc(-c3ccc(C(F)(F)F)cc3)cc2)CCO1. The number of rotatable bonds is 2. The molecule has 7 heteroatoms.